The smallest absolute Gasteiger partial charge is 0.234 e. The van der Waals surface area contributed by atoms with Gasteiger partial charge < -0.3 is 4.57 Å². The van der Waals surface area contributed by atoms with Crippen LogP contribution in [0.25, 0.3) is 11.3 Å². The molecule has 5 rings (SSSR count). The lowest BCUT2D eigenvalue weighted by atomic mass is 10.1. The standard InChI is InChI=1S/C21H25N5O2S2/c1-2-30(27,28)26-11-9-16-12-15(7-8-18(16)26)17-14-29-21(22-17)13-20-24-23-19-6-4-3-5-10-25(19)20/h7-8,12,14H,2-6,9-11,13H2,1H3. The fourth-order valence-corrected chi connectivity index (χ4v) is 6.27. The van der Waals surface area contributed by atoms with Gasteiger partial charge in [0.1, 0.15) is 16.7 Å². The van der Waals surface area contributed by atoms with Crippen LogP contribution in [0, 0.1) is 0 Å². The Bertz CT molecular complexity index is 1180. The van der Waals surface area contributed by atoms with E-state index in [1.165, 1.54) is 23.6 Å². The van der Waals surface area contributed by atoms with Crippen molar-refractivity contribution in [2.24, 2.45) is 0 Å². The summed E-state index contributed by atoms with van der Waals surface area (Å²) >= 11 is 1.64. The average molecular weight is 444 g/mol. The van der Waals surface area contributed by atoms with Crippen LogP contribution < -0.4 is 4.31 Å². The third kappa shape index (κ3) is 3.54. The molecule has 1 aromatic carbocycles. The Kier molecular flexibility index (Phi) is 5.10. The van der Waals surface area contributed by atoms with Crippen molar-refractivity contribution in [1.82, 2.24) is 19.7 Å². The molecule has 4 heterocycles. The molecule has 0 fully saturated rings. The van der Waals surface area contributed by atoms with Gasteiger partial charge in [-0.1, -0.05) is 12.5 Å². The van der Waals surface area contributed by atoms with Crippen LogP contribution in [0.1, 0.15) is 48.4 Å². The van der Waals surface area contributed by atoms with Crippen molar-refractivity contribution in [1.29, 1.82) is 0 Å². The maximum Gasteiger partial charge on any atom is 0.234 e. The summed E-state index contributed by atoms with van der Waals surface area (Å²) in [6, 6.07) is 5.98. The van der Waals surface area contributed by atoms with Crippen LogP contribution in [0.15, 0.2) is 23.6 Å². The molecular weight excluding hydrogens is 418 g/mol. The predicted octanol–water partition coefficient (Wildman–Crippen LogP) is 3.43. The number of thiazole rings is 1. The molecule has 0 saturated carbocycles. The van der Waals surface area contributed by atoms with Crippen molar-refractivity contribution in [3.63, 3.8) is 0 Å². The summed E-state index contributed by atoms with van der Waals surface area (Å²) in [6.45, 7) is 3.21. The third-order valence-corrected chi connectivity index (χ3v) is 8.61. The number of rotatable bonds is 5. The second-order valence-corrected chi connectivity index (χ2v) is 11.0. The van der Waals surface area contributed by atoms with E-state index in [-0.39, 0.29) is 5.75 Å². The lowest BCUT2D eigenvalue weighted by Crippen LogP contribution is -2.30. The molecule has 0 aliphatic carbocycles. The molecule has 2 aliphatic rings. The van der Waals surface area contributed by atoms with Crippen molar-refractivity contribution in [3.8, 4) is 11.3 Å². The molecular formula is C21H25N5O2S2. The highest BCUT2D eigenvalue weighted by Gasteiger charge is 2.28. The van der Waals surface area contributed by atoms with Crippen LogP contribution in [-0.4, -0.2) is 40.5 Å². The van der Waals surface area contributed by atoms with Crippen molar-refractivity contribution < 1.29 is 8.42 Å². The van der Waals surface area contributed by atoms with Gasteiger partial charge >= 0.3 is 0 Å². The van der Waals surface area contributed by atoms with Crippen molar-refractivity contribution in [2.75, 3.05) is 16.6 Å². The minimum absolute atomic E-state index is 0.121. The van der Waals surface area contributed by atoms with Gasteiger partial charge in [-0.05, 0) is 43.9 Å². The first-order valence-corrected chi connectivity index (χ1v) is 13.0. The maximum atomic E-state index is 12.3. The predicted molar refractivity (Wildman–Crippen MR) is 118 cm³/mol. The normalized spacial score (nSPS) is 16.4. The largest absolute Gasteiger partial charge is 0.315 e. The number of aryl methyl sites for hydroxylation is 1. The number of anilines is 1. The van der Waals surface area contributed by atoms with E-state index < -0.39 is 10.0 Å². The number of benzene rings is 1. The van der Waals surface area contributed by atoms with E-state index in [2.05, 4.69) is 26.2 Å². The molecule has 0 radical (unpaired) electrons. The van der Waals surface area contributed by atoms with Gasteiger partial charge in [-0.15, -0.1) is 21.5 Å². The second-order valence-electron chi connectivity index (χ2n) is 7.86. The monoisotopic (exact) mass is 443 g/mol. The van der Waals surface area contributed by atoms with E-state index in [1.54, 1.807) is 18.3 Å². The summed E-state index contributed by atoms with van der Waals surface area (Å²) in [5.74, 6) is 2.22. The van der Waals surface area contributed by atoms with Crippen molar-refractivity contribution in [2.45, 2.75) is 52.0 Å². The number of hydrogen-bond donors (Lipinski definition) is 0. The molecule has 0 spiro atoms. The van der Waals surface area contributed by atoms with Gasteiger partial charge in [0, 0.05) is 30.5 Å². The Morgan fingerprint density at radius 2 is 2.00 bits per heavy atom. The van der Waals surface area contributed by atoms with Gasteiger partial charge in [-0.25, -0.2) is 13.4 Å². The first-order valence-electron chi connectivity index (χ1n) is 10.5. The highest BCUT2D eigenvalue weighted by atomic mass is 32.2. The molecule has 2 aromatic heterocycles. The lowest BCUT2D eigenvalue weighted by Gasteiger charge is -2.18. The zero-order valence-electron chi connectivity index (χ0n) is 17.0. The zero-order valence-corrected chi connectivity index (χ0v) is 18.7. The van der Waals surface area contributed by atoms with E-state index in [0.29, 0.717) is 13.0 Å². The summed E-state index contributed by atoms with van der Waals surface area (Å²) in [6.07, 6.45) is 6.07. The van der Waals surface area contributed by atoms with E-state index in [1.807, 2.05) is 12.1 Å². The van der Waals surface area contributed by atoms with E-state index in [0.717, 1.165) is 58.6 Å². The molecule has 0 bridgehead atoms. The molecule has 2 aliphatic heterocycles. The molecule has 158 valence electrons. The van der Waals surface area contributed by atoms with Crippen molar-refractivity contribution in [3.05, 3.63) is 45.8 Å². The van der Waals surface area contributed by atoms with E-state index in [9.17, 15) is 8.42 Å². The van der Waals surface area contributed by atoms with Crippen LogP contribution in [-0.2, 0) is 35.8 Å². The number of sulfonamides is 1. The van der Waals surface area contributed by atoms with Crippen LogP contribution in [0.2, 0.25) is 0 Å². The van der Waals surface area contributed by atoms with E-state index in [4.69, 9.17) is 4.98 Å². The highest BCUT2D eigenvalue weighted by molar-refractivity contribution is 7.92. The second kappa shape index (κ2) is 7.77. The molecule has 0 saturated heterocycles. The van der Waals surface area contributed by atoms with Gasteiger partial charge in [0.15, 0.2) is 0 Å². The Hall–Kier alpha value is -2.26. The van der Waals surface area contributed by atoms with Crippen LogP contribution >= 0.6 is 11.3 Å². The van der Waals surface area contributed by atoms with E-state index >= 15 is 0 Å². The Balaban J connectivity index is 1.37. The number of nitrogens with zero attached hydrogens (tertiary/aromatic N) is 5. The number of aromatic nitrogens is 4. The van der Waals surface area contributed by atoms with Gasteiger partial charge in [0.2, 0.25) is 10.0 Å². The van der Waals surface area contributed by atoms with Gasteiger partial charge in [-0.2, -0.15) is 0 Å². The van der Waals surface area contributed by atoms with Crippen LogP contribution in [0.3, 0.4) is 0 Å². The van der Waals surface area contributed by atoms with Crippen molar-refractivity contribution >= 4 is 27.0 Å². The molecule has 30 heavy (non-hydrogen) atoms. The lowest BCUT2D eigenvalue weighted by molar-refractivity contribution is 0.593. The topological polar surface area (TPSA) is 81.0 Å². The summed E-state index contributed by atoms with van der Waals surface area (Å²) in [4.78, 5) is 4.84. The minimum atomic E-state index is -3.22. The Morgan fingerprint density at radius 1 is 1.10 bits per heavy atom. The summed E-state index contributed by atoms with van der Waals surface area (Å²) in [7, 11) is -3.22. The Labute approximate surface area is 180 Å². The molecule has 0 unspecified atom stereocenters. The molecule has 3 aromatic rings. The summed E-state index contributed by atoms with van der Waals surface area (Å²) in [5.41, 5.74) is 3.85. The van der Waals surface area contributed by atoms with Crippen LogP contribution in [0.4, 0.5) is 5.69 Å². The molecule has 0 N–H and O–H groups in total. The van der Waals surface area contributed by atoms with Gasteiger partial charge in [0.25, 0.3) is 0 Å². The van der Waals surface area contributed by atoms with Gasteiger partial charge in [-0.3, -0.25) is 4.31 Å². The molecule has 7 nitrogen and oxygen atoms in total. The molecule has 0 amide bonds. The highest BCUT2D eigenvalue weighted by Crippen LogP contribution is 2.34. The third-order valence-electron chi connectivity index (χ3n) is 5.98. The van der Waals surface area contributed by atoms with Crippen LogP contribution in [0.5, 0.6) is 0 Å². The summed E-state index contributed by atoms with van der Waals surface area (Å²) in [5, 5.41) is 11.9. The maximum absolute atomic E-state index is 12.3. The minimum Gasteiger partial charge on any atom is -0.315 e. The van der Waals surface area contributed by atoms with Gasteiger partial charge in [0.05, 0.1) is 23.6 Å². The zero-order chi connectivity index (χ0) is 20.7. The fraction of sp³-hybridized carbons (Fsp3) is 0.476. The quantitative estimate of drug-likeness (QED) is 0.603. The first-order chi connectivity index (χ1) is 14.5. The Morgan fingerprint density at radius 3 is 2.87 bits per heavy atom. The summed E-state index contributed by atoms with van der Waals surface area (Å²) < 4.78 is 28.4. The molecule has 9 heteroatoms. The molecule has 0 atom stereocenters. The number of hydrogen-bond acceptors (Lipinski definition) is 6. The SMILES string of the molecule is CCS(=O)(=O)N1CCc2cc(-c3csc(Cc4nnc5n4CCCCC5)n3)ccc21. The number of fused-ring (bicyclic) bond motifs is 2. The average Bonchev–Trinajstić information content (AvgIpc) is 3.44. The first kappa shape index (κ1) is 19.7. The fourth-order valence-electron chi connectivity index (χ4n) is 4.31.